The standard InChI is InChI=1S/C22H20BrN3O3/c23-17-6-8-19(9-7-17)26(14-18-4-1-2-10-24-18)22(28)16-12-21(27)25(13-16)15-20-5-3-11-29-20/h1-11,16H,12-15H2. The van der Waals surface area contributed by atoms with Gasteiger partial charge in [-0.3, -0.25) is 14.6 Å². The van der Waals surface area contributed by atoms with Gasteiger partial charge in [-0.2, -0.15) is 0 Å². The minimum absolute atomic E-state index is 0.0339. The summed E-state index contributed by atoms with van der Waals surface area (Å²) in [6.45, 7) is 1.12. The van der Waals surface area contributed by atoms with Crippen molar-refractivity contribution in [1.82, 2.24) is 9.88 Å². The van der Waals surface area contributed by atoms with Crippen LogP contribution in [0.3, 0.4) is 0 Å². The van der Waals surface area contributed by atoms with E-state index in [0.29, 0.717) is 25.4 Å². The molecule has 29 heavy (non-hydrogen) atoms. The number of pyridine rings is 1. The van der Waals surface area contributed by atoms with E-state index in [1.807, 2.05) is 48.5 Å². The lowest BCUT2D eigenvalue weighted by Gasteiger charge is -2.25. The summed E-state index contributed by atoms with van der Waals surface area (Å²) in [6, 6.07) is 16.8. The zero-order chi connectivity index (χ0) is 20.2. The van der Waals surface area contributed by atoms with Gasteiger partial charge in [0.2, 0.25) is 11.8 Å². The Labute approximate surface area is 177 Å². The van der Waals surface area contributed by atoms with Crippen molar-refractivity contribution in [3.05, 3.63) is 83.0 Å². The molecule has 1 aliphatic rings. The maximum atomic E-state index is 13.4. The van der Waals surface area contributed by atoms with Crippen LogP contribution in [0.2, 0.25) is 0 Å². The Hall–Kier alpha value is -2.93. The van der Waals surface area contributed by atoms with Gasteiger partial charge < -0.3 is 14.2 Å². The smallest absolute Gasteiger partial charge is 0.232 e. The summed E-state index contributed by atoms with van der Waals surface area (Å²) in [4.78, 5) is 33.6. The number of nitrogens with zero attached hydrogens (tertiary/aromatic N) is 3. The molecule has 6 nitrogen and oxygen atoms in total. The predicted molar refractivity (Wildman–Crippen MR) is 112 cm³/mol. The maximum Gasteiger partial charge on any atom is 0.232 e. The lowest BCUT2D eigenvalue weighted by atomic mass is 10.1. The highest BCUT2D eigenvalue weighted by atomic mass is 79.9. The molecule has 0 saturated carbocycles. The molecular weight excluding hydrogens is 434 g/mol. The van der Waals surface area contributed by atoms with Gasteiger partial charge in [0.1, 0.15) is 5.76 Å². The van der Waals surface area contributed by atoms with Gasteiger partial charge in [0, 0.05) is 29.3 Å². The lowest BCUT2D eigenvalue weighted by Crippen LogP contribution is -2.37. The number of halogens is 1. The van der Waals surface area contributed by atoms with Crippen molar-refractivity contribution in [1.29, 1.82) is 0 Å². The van der Waals surface area contributed by atoms with Crippen LogP contribution in [0.5, 0.6) is 0 Å². The monoisotopic (exact) mass is 453 g/mol. The minimum Gasteiger partial charge on any atom is -0.467 e. The molecule has 148 valence electrons. The first kappa shape index (κ1) is 19.4. The largest absolute Gasteiger partial charge is 0.467 e. The van der Waals surface area contributed by atoms with Crippen molar-refractivity contribution in [2.45, 2.75) is 19.5 Å². The van der Waals surface area contributed by atoms with Crippen molar-refractivity contribution < 1.29 is 14.0 Å². The molecule has 1 saturated heterocycles. The molecule has 1 aromatic carbocycles. The number of hydrogen-bond donors (Lipinski definition) is 0. The summed E-state index contributed by atoms with van der Waals surface area (Å²) in [6.07, 6.45) is 3.50. The molecule has 7 heteroatoms. The van der Waals surface area contributed by atoms with E-state index in [-0.39, 0.29) is 18.2 Å². The van der Waals surface area contributed by atoms with E-state index in [2.05, 4.69) is 20.9 Å². The van der Waals surface area contributed by atoms with Crippen LogP contribution in [0.25, 0.3) is 0 Å². The van der Waals surface area contributed by atoms with Crippen LogP contribution in [-0.4, -0.2) is 28.2 Å². The highest BCUT2D eigenvalue weighted by molar-refractivity contribution is 9.10. The first-order valence-corrected chi connectivity index (χ1v) is 10.2. The van der Waals surface area contributed by atoms with Gasteiger partial charge in [0.25, 0.3) is 0 Å². The topological polar surface area (TPSA) is 66.7 Å². The Kier molecular flexibility index (Phi) is 5.76. The molecule has 1 fully saturated rings. The number of anilines is 1. The van der Waals surface area contributed by atoms with Gasteiger partial charge in [-0.15, -0.1) is 0 Å². The number of amides is 2. The summed E-state index contributed by atoms with van der Waals surface area (Å²) in [7, 11) is 0. The highest BCUT2D eigenvalue weighted by Gasteiger charge is 2.37. The molecule has 0 aliphatic carbocycles. The Balaban J connectivity index is 1.54. The van der Waals surface area contributed by atoms with E-state index >= 15 is 0 Å². The number of rotatable bonds is 6. The van der Waals surface area contributed by atoms with Crippen molar-refractivity contribution in [3.63, 3.8) is 0 Å². The average molecular weight is 454 g/mol. The first-order chi connectivity index (χ1) is 14.1. The molecule has 3 aromatic rings. The molecule has 2 amide bonds. The van der Waals surface area contributed by atoms with Crippen molar-refractivity contribution in [2.75, 3.05) is 11.4 Å². The van der Waals surface area contributed by atoms with Gasteiger partial charge in [-0.1, -0.05) is 22.0 Å². The predicted octanol–water partition coefficient (Wildman–Crippen LogP) is 4.02. The van der Waals surface area contributed by atoms with Crippen molar-refractivity contribution in [3.8, 4) is 0 Å². The Morgan fingerprint density at radius 2 is 2.00 bits per heavy atom. The zero-order valence-electron chi connectivity index (χ0n) is 15.7. The van der Waals surface area contributed by atoms with Crippen LogP contribution in [0.15, 0.2) is 75.9 Å². The maximum absolute atomic E-state index is 13.4. The minimum atomic E-state index is -0.398. The second kappa shape index (κ2) is 8.61. The SMILES string of the molecule is O=C1CC(C(=O)N(Cc2ccccn2)c2ccc(Br)cc2)CN1Cc1ccco1. The lowest BCUT2D eigenvalue weighted by molar-refractivity contribution is -0.129. The second-order valence-electron chi connectivity index (χ2n) is 6.98. The Bertz CT molecular complexity index is 974. The molecular formula is C22H20BrN3O3. The highest BCUT2D eigenvalue weighted by Crippen LogP contribution is 2.27. The number of carbonyl (C=O) groups is 2. The van der Waals surface area contributed by atoms with Crippen LogP contribution in [0.4, 0.5) is 5.69 Å². The third kappa shape index (κ3) is 4.56. The number of carbonyl (C=O) groups excluding carboxylic acids is 2. The van der Waals surface area contributed by atoms with E-state index in [4.69, 9.17) is 4.42 Å². The number of aromatic nitrogens is 1. The van der Waals surface area contributed by atoms with E-state index in [1.165, 1.54) is 0 Å². The van der Waals surface area contributed by atoms with Gasteiger partial charge in [-0.25, -0.2) is 0 Å². The van der Waals surface area contributed by atoms with Crippen LogP contribution >= 0.6 is 15.9 Å². The molecule has 0 spiro atoms. The normalized spacial score (nSPS) is 16.2. The van der Waals surface area contributed by atoms with Crippen LogP contribution < -0.4 is 4.90 Å². The Morgan fingerprint density at radius 1 is 1.17 bits per heavy atom. The quantitative estimate of drug-likeness (QED) is 0.565. The zero-order valence-corrected chi connectivity index (χ0v) is 17.3. The van der Waals surface area contributed by atoms with E-state index < -0.39 is 5.92 Å². The molecule has 1 atom stereocenters. The van der Waals surface area contributed by atoms with Crippen LogP contribution in [0, 0.1) is 5.92 Å². The second-order valence-corrected chi connectivity index (χ2v) is 7.89. The molecule has 1 aliphatic heterocycles. The summed E-state index contributed by atoms with van der Waals surface area (Å²) >= 11 is 3.43. The van der Waals surface area contributed by atoms with E-state index in [0.717, 1.165) is 15.9 Å². The summed E-state index contributed by atoms with van der Waals surface area (Å²) < 4.78 is 6.28. The van der Waals surface area contributed by atoms with Crippen molar-refractivity contribution in [2.24, 2.45) is 5.92 Å². The summed E-state index contributed by atoms with van der Waals surface area (Å²) in [5.41, 5.74) is 1.57. The number of hydrogen-bond acceptors (Lipinski definition) is 4. The molecule has 0 bridgehead atoms. The van der Waals surface area contributed by atoms with Gasteiger partial charge in [-0.05, 0) is 48.5 Å². The van der Waals surface area contributed by atoms with Crippen LogP contribution in [0.1, 0.15) is 17.9 Å². The number of furan rings is 1. The van der Waals surface area contributed by atoms with Crippen LogP contribution in [-0.2, 0) is 22.7 Å². The summed E-state index contributed by atoms with van der Waals surface area (Å²) in [5.74, 6) is 0.205. The van der Waals surface area contributed by atoms with Gasteiger partial charge in [0.05, 0.1) is 31.0 Å². The average Bonchev–Trinajstić information content (AvgIpc) is 3.38. The van der Waals surface area contributed by atoms with Gasteiger partial charge in [0.15, 0.2) is 0 Å². The molecule has 0 radical (unpaired) electrons. The molecule has 1 unspecified atom stereocenters. The first-order valence-electron chi connectivity index (χ1n) is 9.37. The fourth-order valence-corrected chi connectivity index (χ4v) is 3.74. The molecule has 4 rings (SSSR count). The van der Waals surface area contributed by atoms with Gasteiger partial charge >= 0.3 is 0 Å². The number of likely N-dealkylation sites (tertiary alicyclic amines) is 1. The summed E-state index contributed by atoms with van der Waals surface area (Å²) in [5, 5.41) is 0. The fraction of sp³-hybridized carbons (Fsp3) is 0.227. The third-order valence-electron chi connectivity index (χ3n) is 4.94. The third-order valence-corrected chi connectivity index (χ3v) is 5.47. The van der Waals surface area contributed by atoms with E-state index in [1.54, 1.807) is 28.3 Å². The number of benzene rings is 1. The molecule has 0 N–H and O–H groups in total. The Morgan fingerprint density at radius 3 is 2.69 bits per heavy atom. The molecule has 2 aromatic heterocycles. The van der Waals surface area contributed by atoms with Crippen molar-refractivity contribution >= 4 is 33.4 Å². The molecule has 3 heterocycles. The fourth-order valence-electron chi connectivity index (χ4n) is 3.47. The van der Waals surface area contributed by atoms with E-state index in [9.17, 15) is 9.59 Å².